The van der Waals surface area contributed by atoms with Crippen LogP contribution in [-0.4, -0.2) is 6.04 Å². The van der Waals surface area contributed by atoms with E-state index in [2.05, 4.69) is 29.6 Å². The lowest BCUT2D eigenvalue weighted by Crippen LogP contribution is -2.28. The van der Waals surface area contributed by atoms with E-state index in [0.717, 1.165) is 18.6 Å². The molecule has 1 aromatic carbocycles. The monoisotopic (exact) mass is 238 g/mol. The summed E-state index contributed by atoms with van der Waals surface area (Å²) in [6.07, 6.45) is 2.14. The number of hydrogen-bond donors (Lipinski definition) is 1. The van der Waals surface area contributed by atoms with Crippen molar-refractivity contribution in [1.82, 2.24) is 5.32 Å². The van der Waals surface area contributed by atoms with Gasteiger partial charge in [-0.25, -0.2) is 0 Å². The standard InChI is InChI=1S/C15H14N2O/c16-9-14-5-6-15(18-14)10-17-13-7-11-3-1-2-4-12(11)8-13/h1-6,13,17H,7-8,10H2. The van der Waals surface area contributed by atoms with Gasteiger partial charge in [-0.1, -0.05) is 24.3 Å². The van der Waals surface area contributed by atoms with Gasteiger partial charge in [0.25, 0.3) is 0 Å². The molecule has 0 saturated carbocycles. The molecule has 0 fully saturated rings. The Morgan fingerprint density at radius 3 is 2.50 bits per heavy atom. The molecule has 3 rings (SSSR count). The van der Waals surface area contributed by atoms with E-state index >= 15 is 0 Å². The van der Waals surface area contributed by atoms with Crippen LogP contribution in [-0.2, 0) is 19.4 Å². The van der Waals surface area contributed by atoms with E-state index in [1.165, 1.54) is 11.1 Å². The fourth-order valence-corrected chi connectivity index (χ4v) is 2.48. The molecular formula is C15H14N2O. The zero-order chi connectivity index (χ0) is 12.4. The zero-order valence-electron chi connectivity index (χ0n) is 10.0. The molecule has 90 valence electrons. The van der Waals surface area contributed by atoms with Crippen LogP contribution < -0.4 is 5.32 Å². The van der Waals surface area contributed by atoms with E-state index in [1.807, 2.05) is 12.1 Å². The maximum absolute atomic E-state index is 8.68. The van der Waals surface area contributed by atoms with Gasteiger partial charge in [0, 0.05) is 6.04 Å². The van der Waals surface area contributed by atoms with Crippen molar-refractivity contribution in [1.29, 1.82) is 5.26 Å². The van der Waals surface area contributed by atoms with Crippen molar-refractivity contribution in [2.45, 2.75) is 25.4 Å². The van der Waals surface area contributed by atoms with Crippen molar-refractivity contribution < 1.29 is 4.42 Å². The third-order valence-corrected chi connectivity index (χ3v) is 3.39. The molecule has 0 aliphatic heterocycles. The number of rotatable bonds is 3. The summed E-state index contributed by atoms with van der Waals surface area (Å²) in [6, 6.07) is 14.6. The van der Waals surface area contributed by atoms with E-state index in [9.17, 15) is 0 Å². The van der Waals surface area contributed by atoms with Crippen LogP contribution in [0.3, 0.4) is 0 Å². The average Bonchev–Trinajstić information content (AvgIpc) is 3.02. The summed E-state index contributed by atoms with van der Waals surface area (Å²) >= 11 is 0. The first-order valence-electron chi connectivity index (χ1n) is 6.14. The molecular weight excluding hydrogens is 224 g/mol. The molecule has 1 aliphatic rings. The van der Waals surface area contributed by atoms with Crippen LogP contribution in [0.1, 0.15) is 22.6 Å². The zero-order valence-corrected chi connectivity index (χ0v) is 10.0. The fraction of sp³-hybridized carbons (Fsp3) is 0.267. The molecule has 0 unspecified atom stereocenters. The van der Waals surface area contributed by atoms with Crippen LogP contribution in [0.5, 0.6) is 0 Å². The third kappa shape index (κ3) is 2.15. The first-order valence-corrected chi connectivity index (χ1v) is 6.14. The molecule has 1 heterocycles. The fourth-order valence-electron chi connectivity index (χ4n) is 2.48. The SMILES string of the molecule is N#Cc1ccc(CNC2Cc3ccccc3C2)o1. The van der Waals surface area contributed by atoms with Gasteiger partial charge in [0.1, 0.15) is 11.8 Å². The Morgan fingerprint density at radius 2 is 1.89 bits per heavy atom. The van der Waals surface area contributed by atoms with Crippen molar-refractivity contribution in [3.63, 3.8) is 0 Å². The smallest absolute Gasteiger partial charge is 0.203 e. The highest BCUT2D eigenvalue weighted by Gasteiger charge is 2.20. The summed E-state index contributed by atoms with van der Waals surface area (Å²) in [5.74, 6) is 1.20. The Labute approximate surface area is 106 Å². The molecule has 0 saturated heterocycles. The summed E-state index contributed by atoms with van der Waals surface area (Å²) in [6.45, 7) is 0.681. The van der Waals surface area contributed by atoms with Gasteiger partial charge in [0.05, 0.1) is 6.54 Å². The molecule has 0 atom stereocenters. The second-order valence-electron chi connectivity index (χ2n) is 4.63. The molecule has 0 spiro atoms. The normalized spacial score (nSPS) is 14.4. The summed E-state index contributed by atoms with van der Waals surface area (Å²) in [4.78, 5) is 0. The maximum atomic E-state index is 8.68. The van der Waals surface area contributed by atoms with Crippen molar-refractivity contribution >= 4 is 0 Å². The third-order valence-electron chi connectivity index (χ3n) is 3.39. The van der Waals surface area contributed by atoms with E-state index in [0.29, 0.717) is 18.3 Å². The van der Waals surface area contributed by atoms with Crippen LogP contribution in [0, 0.1) is 11.3 Å². The van der Waals surface area contributed by atoms with Crippen LogP contribution >= 0.6 is 0 Å². The maximum Gasteiger partial charge on any atom is 0.203 e. The van der Waals surface area contributed by atoms with Gasteiger partial charge in [0.15, 0.2) is 0 Å². The van der Waals surface area contributed by atoms with Crippen molar-refractivity contribution in [2.24, 2.45) is 0 Å². The Hall–Kier alpha value is -2.05. The summed E-state index contributed by atoms with van der Waals surface area (Å²) < 4.78 is 5.35. The summed E-state index contributed by atoms with van der Waals surface area (Å²) in [5, 5.41) is 12.2. The van der Waals surface area contributed by atoms with Gasteiger partial charge in [-0.2, -0.15) is 5.26 Å². The Bertz CT molecular complexity index is 570. The highest BCUT2D eigenvalue weighted by Crippen LogP contribution is 2.21. The highest BCUT2D eigenvalue weighted by molar-refractivity contribution is 5.33. The second kappa shape index (κ2) is 4.67. The lowest BCUT2D eigenvalue weighted by molar-refractivity contribution is 0.443. The predicted octanol–water partition coefficient (Wildman–Crippen LogP) is 2.41. The van der Waals surface area contributed by atoms with Crippen LogP contribution in [0.4, 0.5) is 0 Å². The molecule has 0 amide bonds. The van der Waals surface area contributed by atoms with Crippen molar-refractivity contribution in [3.8, 4) is 6.07 Å². The first-order chi connectivity index (χ1) is 8.85. The van der Waals surface area contributed by atoms with E-state index in [-0.39, 0.29) is 0 Å². The number of benzene rings is 1. The molecule has 0 radical (unpaired) electrons. The van der Waals surface area contributed by atoms with Gasteiger partial charge >= 0.3 is 0 Å². The number of nitrogens with zero attached hydrogens (tertiary/aromatic N) is 1. The van der Waals surface area contributed by atoms with Gasteiger partial charge in [-0.05, 0) is 36.1 Å². The van der Waals surface area contributed by atoms with Gasteiger partial charge < -0.3 is 9.73 Å². The Balaban J connectivity index is 1.59. The lowest BCUT2D eigenvalue weighted by atomic mass is 10.1. The molecule has 18 heavy (non-hydrogen) atoms. The molecule has 1 aliphatic carbocycles. The van der Waals surface area contributed by atoms with Gasteiger partial charge in [-0.15, -0.1) is 0 Å². The Morgan fingerprint density at radius 1 is 1.17 bits per heavy atom. The first kappa shape index (κ1) is 11.1. The molecule has 3 heteroatoms. The number of hydrogen-bond acceptors (Lipinski definition) is 3. The molecule has 1 N–H and O–H groups in total. The highest BCUT2D eigenvalue weighted by atomic mass is 16.3. The quantitative estimate of drug-likeness (QED) is 0.893. The number of fused-ring (bicyclic) bond motifs is 1. The number of nitriles is 1. The van der Waals surface area contributed by atoms with Gasteiger partial charge in [-0.3, -0.25) is 0 Å². The second-order valence-corrected chi connectivity index (χ2v) is 4.63. The van der Waals surface area contributed by atoms with Crippen molar-refractivity contribution in [2.75, 3.05) is 0 Å². The summed E-state index contributed by atoms with van der Waals surface area (Å²) in [5.41, 5.74) is 2.87. The molecule has 2 aromatic rings. The average molecular weight is 238 g/mol. The predicted molar refractivity (Wildman–Crippen MR) is 67.9 cm³/mol. The molecule has 1 aromatic heterocycles. The molecule has 0 bridgehead atoms. The molecule has 3 nitrogen and oxygen atoms in total. The van der Waals surface area contributed by atoms with E-state index in [1.54, 1.807) is 6.07 Å². The van der Waals surface area contributed by atoms with Crippen molar-refractivity contribution in [3.05, 3.63) is 59.0 Å². The number of nitrogens with one attached hydrogen (secondary N) is 1. The topological polar surface area (TPSA) is 49.0 Å². The lowest BCUT2D eigenvalue weighted by Gasteiger charge is -2.09. The minimum atomic E-state index is 0.376. The minimum absolute atomic E-state index is 0.376. The largest absolute Gasteiger partial charge is 0.449 e. The van der Waals surface area contributed by atoms with E-state index < -0.39 is 0 Å². The summed E-state index contributed by atoms with van der Waals surface area (Å²) in [7, 11) is 0. The minimum Gasteiger partial charge on any atom is -0.449 e. The van der Waals surface area contributed by atoms with E-state index in [4.69, 9.17) is 9.68 Å². The Kier molecular flexibility index (Phi) is 2.87. The van der Waals surface area contributed by atoms with Crippen LogP contribution in [0.15, 0.2) is 40.8 Å². The van der Waals surface area contributed by atoms with Crippen LogP contribution in [0.25, 0.3) is 0 Å². The van der Waals surface area contributed by atoms with Gasteiger partial charge in [0.2, 0.25) is 5.76 Å². The van der Waals surface area contributed by atoms with Crippen LogP contribution in [0.2, 0.25) is 0 Å². The number of furan rings is 1.